The van der Waals surface area contributed by atoms with Gasteiger partial charge in [0.2, 0.25) is 0 Å². The Kier molecular flexibility index (Phi) is 3.77. The molecule has 0 aliphatic carbocycles. The lowest BCUT2D eigenvalue weighted by atomic mass is 10.0. The quantitative estimate of drug-likeness (QED) is 0.741. The number of carbonyl (C=O) groups is 1. The van der Waals surface area contributed by atoms with Gasteiger partial charge in [-0.2, -0.15) is 0 Å². The summed E-state index contributed by atoms with van der Waals surface area (Å²) in [6.45, 7) is 3.81. The van der Waals surface area contributed by atoms with Crippen LogP contribution in [-0.4, -0.2) is 22.0 Å². The van der Waals surface area contributed by atoms with Crippen molar-refractivity contribution in [2.75, 3.05) is 0 Å². The second-order valence-corrected chi connectivity index (χ2v) is 3.42. The van der Waals surface area contributed by atoms with Crippen molar-refractivity contribution in [2.45, 2.75) is 32.8 Å². The van der Waals surface area contributed by atoms with E-state index in [4.69, 9.17) is 0 Å². The number of aliphatic hydroxyl groups is 1. The number of Topliss-reactive ketones (excluding diaryl/α,β-unsaturated/α-hetero) is 1. The molecule has 3 heteroatoms. The third-order valence-electron chi connectivity index (χ3n) is 2.02. The molecular formula is C11H15NO2. The fraction of sp³-hybridized carbons (Fsp3) is 0.455. The molecular weight excluding hydrogens is 178 g/mol. The molecule has 1 aromatic heterocycles. The van der Waals surface area contributed by atoms with E-state index in [0.29, 0.717) is 12.0 Å². The maximum absolute atomic E-state index is 11.6. The number of aliphatic hydroxyl groups excluding tert-OH is 1. The number of pyridine rings is 1. The molecule has 1 unspecified atom stereocenters. The zero-order valence-electron chi connectivity index (χ0n) is 8.53. The van der Waals surface area contributed by atoms with Crippen molar-refractivity contribution < 1.29 is 9.90 Å². The largest absolute Gasteiger partial charge is 0.385 e. The number of aromatic nitrogens is 1. The molecule has 0 saturated heterocycles. The van der Waals surface area contributed by atoms with Crippen LogP contribution in [0.5, 0.6) is 0 Å². The minimum Gasteiger partial charge on any atom is -0.385 e. The minimum absolute atomic E-state index is 0.233. The van der Waals surface area contributed by atoms with Crippen LogP contribution < -0.4 is 0 Å². The summed E-state index contributed by atoms with van der Waals surface area (Å²) in [4.78, 5) is 15.5. The summed E-state index contributed by atoms with van der Waals surface area (Å²) in [6, 6.07) is 1.74. The van der Waals surface area contributed by atoms with E-state index in [1.165, 1.54) is 6.20 Å². The van der Waals surface area contributed by atoms with Gasteiger partial charge in [0, 0.05) is 18.0 Å². The molecule has 1 aromatic rings. The van der Waals surface area contributed by atoms with Gasteiger partial charge in [-0.3, -0.25) is 9.78 Å². The number of carbonyl (C=O) groups excluding carboxylic acids is 1. The monoisotopic (exact) mass is 193 g/mol. The van der Waals surface area contributed by atoms with E-state index in [1.807, 2.05) is 13.8 Å². The van der Waals surface area contributed by atoms with Gasteiger partial charge in [0.05, 0.1) is 0 Å². The number of ketones is 1. The molecule has 1 atom stereocenters. The number of aryl methyl sites for hydroxylation is 1. The van der Waals surface area contributed by atoms with Crippen LogP contribution in [0.3, 0.4) is 0 Å². The van der Waals surface area contributed by atoms with Crippen LogP contribution >= 0.6 is 0 Å². The normalized spacial score (nSPS) is 12.5. The topological polar surface area (TPSA) is 50.2 Å². The highest BCUT2D eigenvalue weighted by Crippen LogP contribution is 2.08. The number of hydrogen-bond acceptors (Lipinski definition) is 3. The average molecular weight is 193 g/mol. The molecule has 1 N–H and O–H groups in total. The lowest BCUT2D eigenvalue weighted by Gasteiger charge is -2.07. The Morgan fingerprint density at radius 1 is 1.57 bits per heavy atom. The smallest absolute Gasteiger partial charge is 0.192 e. The zero-order chi connectivity index (χ0) is 10.6. The van der Waals surface area contributed by atoms with E-state index in [1.54, 1.807) is 12.3 Å². The van der Waals surface area contributed by atoms with Crippen molar-refractivity contribution in [1.82, 2.24) is 4.98 Å². The number of nitrogens with zero attached hydrogens (tertiary/aromatic N) is 1. The Morgan fingerprint density at radius 2 is 2.29 bits per heavy atom. The summed E-state index contributed by atoms with van der Waals surface area (Å²) in [5.41, 5.74) is 1.42. The highest BCUT2D eigenvalue weighted by molar-refractivity contribution is 5.99. The fourth-order valence-electron chi connectivity index (χ4n) is 1.29. The molecule has 1 heterocycles. The van der Waals surface area contributed by atoms with Crippen molar-refractivity contribution in [3.8, 4) is 0 Å². The van der Waals surface area contributed by atoms with Crippen molar-refractivity contribution in [2.24, 2.45) is 0 Å². The fourth-order valence-corrected chi connectivity index (χ4v) is 1.29. The molecule has 0 aromatic carbocycles. The van der Waals surface area contributed by atoms with Gasteiger partial charge < -0.3 is 5.11 Å². The molecule has 0 aliphatic heterocycles. The summed E-state index contributed by atoms with van der Waals surface area (Å²) >= 11 is 0. The Labute approximate surface area is 83.8 Å². The van der Waals surface area contributed by atoms with Crippen molar-refractivity contribution in [1.29, 1.82) is 0 Å². The van der Waals surface area contributed by atoms with Gasteiger partial charge in [-0.15, -0.1) is 0 Å². The van der Waals surface area contributed by atoms with Crippen LogP contribution in [0.15, 0.2) is 18.5 Å². The van der Waals surface area contributed by atoms with Crippen molar-refractivity contribution >= 4 is 5.78 Å². The van der Waals surface area contributed by atoms with E-state index >= 15 is 0 Å². The lowest BCUT2D eigenvalue weighted by Crippen LogP contribution is -2.20. The van der Waals surface area contributed by atoms with Crippen LogP contribution in [0.1, 0.15) is 35.7 Å². The summed E-state index contributed by atoms with van der Waals surface area (Å²) in [5.74, 6) is -0.233. The molecule has 3 nitrogen and oxygen atoms in total. The van der Waals surface area contributed by atoms with E-state index < -0.39 is 6.10 Å². The van der Waals surface area contributed by atoms with Crippen LogP contribution in [0.4, 0.5) is 0 Å². The second-order valence-electron chi connectivity index (χ2n) is 3.42. The molecule has 76 valence electrons. The number of rotatable bonds is 4. The zero-order valence-corrected chi connectivity index (χ0v) is 8.53. The first-order valence-electron chi connectivity index (χ1n) is 4.79. The Bertz CT molecular complexity index is 323. The van der Waals surface area contributed by atoms with Gasteiger partial charge in [0.15, 0.2) is 5.78 Å². The summed E-state index contributed by atoms with van der Waals surface area (Å²) < 4.78 is 0. The van der Waals surface area contributed by atoms with Crippen molar-refractivity contribution in [3.05, 3.63) is 29.6 Å². The van der Waals surface area contributed by atoms with Gasteiger partial charge >= 0.3 is 0 Å². The molecule has 0 bridgehead atoms. The molecule has 0 aliphatic rings. The highest BCUT2D eigenvalue weighted by atomic mass is 16.3. The third kappa shape index (κ3) is 2.64. The van der Waals surface area contributed by atoms with Crippen LogP contribution in [0, 0.1) is 6.92 Å². The number of hydrogen-bond donors (Lipinski definition) is 1. The molecule has 0 spiro atoms. The van der Waals surface area contributed by atoms with E-state index in [2.05, 4.69) is 4.98 Å². The van der Waals surface area contributed by atoms with Crippen LogP contribution in [0.25, 0.3) is 0 Å². The van der Waals surface area contributed by atoms with Gasteiger partial charge in [0.1, 0.15) is 6.10 Å². The van der Waals surface area contributed by atoms with Gasteiger partial charge in [-0.1, -0.05) is 13.3 Å². The average Bonchev–Trinajstić information content (AvgIpc) is 2.17. The molecule has 14 heavy (non-hydrogen) atoms. The molecule has 0 saturated carbocycles. The Hall–Kier alpha value is -1.22. The molecule has 0 fully saturated rings. The predicted octanol–water partition coefficient (Wildman–Crippen LogP) is 1.73. The van der Waals surface area contributed by atoms with Crippen molar-refractivity contribution in [3.63, 3.8) is 0 Å². The third-order valence-corrected chi connectivity index (χ3v) is 2.02. The summed E-state index contributed by atoms with van der Waals surface area (Å²) in [7, 11) is 0. The second kappa shape index (κ2) is 4.86. The summed E-state index contributed by atoms with van der Waals surface area (Å²) in [6.07, 6.45) is 3.60. The SMILES string of the molecule is CCCC(O)C(=O)c1cncc(C)c1. The summed E-state index contributed by atoms with van der Waals surface area (Å²) in [5, 5.41) is 9.48. The van der Waals surface area contributed by atoms with E-state index in [0.717, 1.165) is 12.0 Å². The van der Waals surface area contributed by atoms with Crippen LogP contribution in [-0.2, 0) is 0 Å². The molecule has 0 amide bonds. The van der Waals surface area contributed by atoms with Gasteiger partial charge in [0.25, 0.3) is 0 Å². The Balaban J connectivity index is 2.78. The maximum atomic E-state index is 11.6. The van der Waals surface area contributed by atoms with E-state index in [-0.39, 0.29) is 5.78 Å². The maximum Gasteiger partial charge on any atom is 0.192 e. The minimum atomic E-state index is -0.886. The van der Waals surface area contributed by atoms with Gasteiger partial charge in [-0.25, -0.2) is 0 Å². The predicted molar refractivity (Wildman–Crippen MR) is 54.2 cm³/mol. The molecule has 0 radical (unpaired) electrons. The van der Waals surface area contributed by atoms with E-state index in [9.17, 15) is 9.90 Å². The van der Waals surface area contributed by atoms with Crippen LogP contribution in [0.2, 0.25) is 0 Å². The molecule has 1 rings (SSSR count). The first kappa shape index (κ1) is 10.9. The highest BCUT2D eigenvalue weighted by Gasteiger charge is 2.16. The first-order valence-corrected chi connectivity index (χ1v) is 4.79. The Morgan fingerprint density at radius 3 is 2.86 bits per heavy atom. The lowest BCUT2D eigenvalue weighted by molar-refractivity contribution is 0.0729. The first-order chi connectivity index (χ1) is 6.65. The standard InChI is InChI=1S/C11H15NO2/c1-3-4-10(13)11(14)9-5-8(2)6-12-7-9/h5-7,10,13H,3-4H2,1-2H3. The van der Waals surface area contributed by atoms with Gasteiger partial charge in [-0.05, 0) is 25.0 Å².